The van der Waals surface area contributed by atoms with Crippen LogP contribution in [0.5, 0.6) is 0 Å². The van der Waals surface area contributed by atoms with Gasteiger partial charge in [0.2, 0.25) is 0 Å². The summed E-state index contributed by atoms with van der Waals surface area (Å²) in [7, 11) is 2.01. The lowest BCUT2D eigenvalue weighted by molar-refractivity contribution is -0.0340. The van der Waals surface area contributed by atoms with Crippen LogP contribution in [0.25, 0.3) is 0 Å². The molecule has 1 aromatic rings. The number of halogens is 1. The van der Waals surface area contributed by atoms with Gasteiger partial charge in [-0.1, -0.05) is 54.9 Å². The minimum Gasteiger partial charge on any atom is -0.376 e. The molecule has 1 rings (SSSR count). The maximum atomic E-state index is 5.99. The highest BCUT2D eigenvalue weighted by Crippen LogP contribution is 2.28. The topological polar surface area (TPSA) is 21.3 Å². The Bertz CT molecular complexity index is 387. The summed E-state index contributed by atoms with van der Waals surface area (Å²) in [5.74, 6) is 0. The maximum Gasteiger partial charge on any atom is 0.0779 e. The predicted octanol–water partition coefficient (Wildman–Crippen LogP) is 4.03. The summed E-state index contributed by atoms with van der Waals surface area (Å²) in [6, 6.07) is 8.69. The molecule has 0 aromatic heterocycles. The van der Waals surface area contributed by atoms with Crippen LogP contribution in [0.15, 0.2) is 28.7 Å². The number of ether oxygens (including phenoxy) is 1. The number of hydrogen-bond donors (Lipinski definition) is 1. The van der Waals surface area contributed by atoms with Gasteiger partial charge in [0.25, 0.3) is 0 Å². The van der Waals surface area contributed by atoms with E-state index in [1.54, 1.807) is 0 Å². The largest absolute Gasteiger partial charge is 0.376 e. The van der Waals surface area contributed by atoms with Crippen molar-refractivity contribution in [3.63, 3.8) is 0 Å². The first-order valence-electron chi connectivity index (χ1n) is 6.92. The van der Waals surface area contributed by atoms with E-state index in [1.165, 1.54) is 10.0 Å². The van der Waals surface area contributed by atoms with Crippen LogP contribution >= 0.6 is 15.9 Å². The third-order valence-electron chi connectivity index (χ3n) is 3.33. The van der Waals surface area contributed by atoms with Crippen molar-refractivity contribution in [2.24, 2.45) is 5.41 Å². The molecule has 2 unspecified atom stereocenters. The van der Waals surface area contributed by atoms with Gasteiger partial charge in [-0.25, -0.2) is 0 Å². The number of likely N-dealkylation sites (N-methyl/N-ethyl adjacent to an activating group) is 1. The standard InChI is InChI=1S/C16H26BrNO/c1-6-19-15(16(2,3)4)14(18-5)11-12-9-7-8-10-13(12)17/h7-10,14-15,18H,6,11H2,1-5H3. The molecule has 0 radical (unpaired) electrons. The van der Waals surface area contributed by atoms with Gasteiger partial charge in [0.05, 0.1) is 6.10 Å². The van der Waals surface area contributed by atoms with Crippen molar-refractivity contribution >= 4 is 15.9 Å². The summed E-state index contributed by atoms with van der Waals surface area (Å²) >= 11 is 3.62. The maximum absolute atomic E-state index is 5.99. The molecule has 2 nitrogen and oxygen atoms in total. The van der Waals surface area contributed by atoms with Gasteiger partial charge in [-0.2, -0.15) is 0 Å². The van der Waals surface area contributed by atoms with E-state index in [0.717, 1.165) is 13.0 Å². The Labute approximate surface area is 126 Å². The first kappa shape index (κ1) is 16.7. The number of nitrogens with one attached hydrogen (secondary N) is 1. The van der Waals surface area contributed by atoms with Crippen molar-refractivity contribution in [3.05, 3.63) is 34.3 Å². The van der Waals surface area contributed by atoms with Crippen LogP contribution in [0.4, 0.5) is 0 Å². The normalized spacial score (nSPS) is 15.3. The third kappa shape index (κ3) is 4.90. The van der Waals surface area contributed by atoms with Crippen LogP contribution in [-0.4, -0.2) is 25.8 Å². The van der Waals surface area contributed by atoms with Gasteiger partial charge < -0.3 is 10.1 Å². The molecule has 3 heteroatoms. The first-order valence-corrected chi connectivity index (χ1v) is 7.71. The number of hydrogen-bond acceptors (Lipinski definition) is 2. The Hall–Kier alpha value is -0.380. The molecule has 0 spiro atoms. The summed E-state index contributed by atoms with van der Waals surface area (Å²) in [4.78, 5) is 0. The van der Waals surface area contributed by atoms with E-state index in [9.17, 15) is 0 Å². The molecular formula is C16H26BrNO. The van der Waals surface area contributed by atoms with Gasteiger partial charge in [0.15, 0.2) is 0 Å². The highest BCUT2D eigenvalue weighted by molar-refractivity contribution is 9.10. The summed E-state index contributed by atoms with van der Waals surface area (Å²) in [6.45, 7) is 9.51. The zero-order chi connectivity index (χ0) is 14.5. The molecule has 0 aliphatic carbocycles. The lowest BCUT2D eigenvalue weighted by atomic mass is 9.82. The van der Waals surface area contributed by atoms with Gasteiger partial charge in [-0.15, -0.1) is 0 Å². The Kier molecular flexibility index (Phi) is 6.51. The van der Waals surface area contributed by atoms with E-state index >= 15 is 0 Å². The van der Waals surface area contributed by atoms with Crippen LogP contribution in [0.2, 0.25) is 0 Å². The van der Waals surface area contributed by atoms with Crippen LogP contribution in [0.3, 0.4) is 0 Å². The predicted molar refractivity (Wildman–Crippen MR) is 85.6 cm³/mol. The molecule has 1 N–H and O–H groups in total. The quantitative estimate of drug-likeness (QED) is 0.851. The van der Waals surface area contributed by atoms with E-state index in [0.29, 0.717) is 6.04 Å². The van der Waals surface area contributed by atoms with Crippen LogP contribution < -0.4 is 5.32 Å². The third-order valence-corrected chi connectivity index (χ3v) is 4.11. The Morgan fingerprint density at radius 3 is 2.37 bits per heavy atom. The first-order chi connectivity index (χ1) is 8.90. The average Bonchev–Trinajstić information content (AvgIpc) is 2.34. The lowest BCUT2D eigenvalue weighted by Gasteiger charge is -2.37. The van der Waals surface area contributed by atoms with Crippen LogP contribution in [0, 0.1) is 5.41 Å². The molecule has 0 amide bonds. The van der Waals surface area contributed by atoms with E-state index in [1.807, 2.05) is 13.1 Å². The number of benzene rings is 1. The fourth-order valence-corrected chi connectivity index (χ4v) is 2.86. The minimum atomic E-state index is 0.116. The molecule has 0 aliphatic rings. The van der Waals surface area contributed by atoms with Crippen molar-refractivity contribution in [2.45, 2.75) is 46.3 Å². The van der Waals surface area contributed by atoms with Gasteiger partial charge in [-0.05, 0) is 37.4 Å². The molecular weight excluding hydrogens is 302 g/mol. The van der Waals surface area contributed by atoms with E-state index in [-0.39, 0.29) is 11.5 Å². The summed E-state index contributed by atoms with van der Waals surface area (Å²) in [5.41, 5.74) is 1.43. The van der Waals surface area contributed by atoms with E-state index < -0.39 is 0 Å². The Morgan fingerprint density at radius 2 is 1.89 bits per heavy atom. The van der Waals surface area contributed by atoms with Crippen molar-refractivity contribution in [1.82, 2.24) is 5.32 Å². The Morgan fingerprint density at radius 1 is 1.26 bits per heavy atom. The zero-order valence-corrected chi connectivity index (χ0v) is 14.3. The molecule has 108 valence electrons. The smallest absolute Gasteiger partial charge is 0.0779 e. The van der Waals surface area contributed by atoms with Crippen molar-refractivity contribution in [1.29, 1.82) is 0 Å². The highest BCUT2D eigenvalue weighted by atomic mass is 79.9. The second-order valence-electron chi connectivity index (χ2n) is 5.93. The van der Waals surface area contributed by atoms with Gasteiger partial charge >= 0.3 is 0 Å². The van der Waals surface area contributed by atoms with Gasteiger partial charge in [0, 0.05) is 17.1 Å². The molecule has 0 aliphatic heterocycles. The SMILES string of the molecule is CCOC(C(Cc1ccccc1Br)NC)C(C)(C)C. The molecule has 2 atom stereocenters. The molecule has 0 heterocycles. The molecule has 19 heavy (non-hydrogen) atoms. The summed E-state index contributed by atoms with van der Waals surface area (Å²) in [5, 5.41) is 3.42. The Balaban J connectivity index is 2.89. The monoisotopic (exact) mass is 327 g/mol. The fourth-order valence-electron chi connectivity index (χ4n) is 2.41. The zero-order valence-electron chi connectivity index (χ0n) is 12.7. The van der Waals surface area contributed by atoms with Crippen molar-refractivity contribution in [3.8, 4) is 0 Å². The van der Waals surface area contributed by atoms with Gasteiger partial charge in [0.1, 0.15) is 0 Å². The minimum absolute atomic E-state index is 0.116. The van der Waals surface area contributed by atoms with Gasteiger partial charge in [-0.3, -0.25) is 0 Å². The van der Waals surface area contributed by atoms with E-state index in [4.69, 9.17) is 4.74 Å². The van der Waals surface area contributed by atoms with Crippen LogP contribution in [0.1, 0.15) is 33.3 Å². The van der Waals surface area contributed by atoms with Crippen molar-refractivity contribution in [2.75, 3.05) is 13.7 Å². The van der Waals surface area contributed by atoms with Crippen LogP contribution in [-0.2, 0) is 11.2 Å². The average molecular weight is 328 g/mol. The fraction of sp³-hybridized carbons (Fsp3) is 0.625. The second kappa shape index (κ2) is 7.41. The molecule has 1 aromatic carbocycles. The molecule has 0 fully saturated rings. The summed E-state index contributed by atoms with van der Waals surface area (Å²) < 4.78 is 7.16. The molecule has 0 saturated heterocycles. The molecule has 0 bridgehead atoms. The highest BCUT2D eigenvalue weighted by Gasteiger charge is 2.32. The van der Waals surface area contributed by atoms with Crippen molar-refractivity contribution < 1.29 is 4.74 Å². The molecule has 0 saturated carbocycles. The second-order valence-corrected chi connectivity index (χ2v) is 6.79. The van der Waals surface area contributed by atoms with E-state index in [2.05, 4.69) is 67.1 Å². The lowest BCUT2D eigenvalue weighted by Crippen LogP contribution is -2.48. The summed E-state index contributed by atoms with van der Waals surface area (Å²) in [6.07, 6.45) is 1.15. The number of rotatable bonds is 6.